The van der Waals surface area contributed by atoms with Crippen LogP contribution in [0, 0.1) is 11.6 Å². The monoisotopic (exact) mass is 237 g/mol. The Kier molecular flexibility index (Phi) is 3.24. The first-order valence-corrected chi connectivity index (χ1v) is 5.41. The maximum atomic E-state index is 13.5. The number of hydrogen-bond acceptors (Lipinski definition) is 2. The highest BCUT2D eigenvalue weighted by Gasteiger charge is 2.17. The van der Waals surface area contributed by atoms with E-state index < -0.39 is 17.7 Å². The zero-order valence-electron chi connectivity index (χ0n) is 9.41. The van der Waals surface area contributed by atoms with E-state index in [9.17, 15) is 8.78 Å². The number of furan rings is 1. The van der Waals surface area contributed by atoms with Crippen molar-refractivity contribution < 1.29 is 13.2 Å². The summed E-state index contributed by atoms with van der Waals surface area (Å²) in [6.45, 7) is 1.94. The fourth-order valence-corrected chi connectivity index (χ4v) is 1.66. The van der Waals surface area contributed by atoms with E-state index in [1.165, 1.54) is 0 Å². The molecule has 0 amide bonds. The first-order valence-electron chi connectivity index (χ1n) is 5.41. The molecule has 0 radical (unpaired) electrons. The van der Waals surface area contributed by atoms with E-state index in [-0.39, 0.29) is 5.56 Å². The molecule has 2 aromatic rings. The van der Waals surface area contributed by atoms with Crippen molar-refractivity contribution in [2.24, 2.45) is 5.73 Å². The Labute approximate surface area is 98.0 Å². The predicted octanol–water partition coefficient (Wildman–Crippen LogP) is 3.17. The second kappa shape index (κ2) is 4.67. The number of aryl methyl sites for hydroxylation is 1. The van der Waals surface area contributed by atoms with Crippen molar-refractivity contribution in [1.82, 2.24) is 0 Å². The van der Waals surface area contributed by atoms with E-state index in [1.807, 2.05) is 6.92 Å². The van der Waals surface area contributed by atoms with Crippen molar-refractivity contribution in [2.45, 2.75) is 19.4 Å². The SMILES string of the molecule is CCc1ccc(C(N)c2cc(F)ccc2F)o1. The smallest absolute Gasteiger partial charge is 0.128 e. The van der Waals surface area contributed by atoms with Crippen molar-refractivity contribution in [1.29, 1.82) is 0 Å². The standard InChI is InChI=1S/C13H13F2NO/c1-2-9-4-6-12(17-9)13(16)10-7-8(14)3-5-11(10)15/h3-7,13H,2,16H2,1H3. The molecule has 90 valence electrons. The molecule has 1 aromatic carbocycles. The Bertz CT molecular complexity index is 522. The molecule has 1 heterocycles. The van der Waals surface area contributed by atoms with Gasteiger partial charge in [-0.05, 0) is 30.3 Å². The lowest BCUT2D eigenvalue weighted by atomic mass is 10.0. The minimum Gasteiger partial charge on any atom is -0.464 e. The van der Waals surface area contributed by atoms with Crippen LogP contribution >= 0.6 is 0 Å². The average Bonchev–Trinajstić information content (AvgIpc) is 2.80. The van der Waals surface area contributed by atoms with Gasteiger partial charge < -0.3 is 10.2 Å². The summed E-state index contributed by atoms with van der Waals surface area (Å²) in [6.07, 6.45) is 0.734. The maximum Gasteiger partial charge on any atom is 0.128 e. The first kappa shape index (κ1) is 11.8. The van der Waals surface area contributed by atoms with Crippen LogP contribution in [0.25, 0.3) is 0 Å². The molecule has 1 atom stereocenters. The number of hydrogen-bond donors (Lipinski definition) is 1. The largest absolute Gasteiger partial charge is 0.464 e. The molecular weight excluding hydrogens is 224 g/mol. The van der Waals surface area contributed by atoms with E-state index in [0.717, 1.165) is 30.4 Å². The quantitative estimate of drug-likeness (QED) is 0.890. The topological polar surface area (TPSA) is 39.2 Å². The van der Waals surface area contributed by atoms with Gasteiger partial charge in [0.2, 0.25) is 0 Å². The van der Waals surface area contributed by atoms with Gasteiger partial charge in [-0.3, -0.25) is 0 Å². The van der Waals surface area contributed by atoms with Gasteiger partial charge in [0.1, 0.15) is 23.2 Å². The molecule has 0 fully saturated rings. The molecule has 0 aliphatic rings. The third-order valence-electron chi connectivity index (χ3n) is 2.63. The lowest BCUT2D eigenvalue weighted by Gasteiger charge is -2.10. The Balaban J connectivity index is 2.35. The highest BCUT2D eigenvalue weighted by molar-refractivity contribution is 5.28. The van der Waals surface area contributed by atoms with Crippen LogP contribution in [-0.4, -0.2) is 0 Å². The zero-order chi connectivity index (χ0) is 12.4. The summed E-state index contributed by atoms with van der Waals surface area (Å²) >= 11 is 0. The van der Waals surface area contributed by atoms with Crippen LogP contribution < -0.4 is 5.73 Å². The molecule has 0 bridgehead atoms. The van der Waals surface area contributed by atoms with Gasteiger partial charge in [0.25, 0.3) is 0 Å². The summed E-state index contributed by atoms with van der Waals surface area (Å²) in [5.74, 6) is 0.158. The van der Waals surface area contributed by atoms with Crippen molar-refractivity contribution in [2.75, 3.05) is 0 Å². The normalized spacial score (nSPS) is 12.7. The van der Waals surface area contributed by atoms with Crippen LogP contribution in [0.1, 0.15) is 30.0 Å². The molecule has 1 aromatic heterocycles. The van der Waals surface area contributed by atoms with E-state index in [2.05, 4.69) is 0 Å². The fraction of sp³-hybridized carbons (Fsp3) is 0.231. The van der Waals surface area contributed by atoms with Crippen LogP contribution in [0.15, 0.2) is 34.7 Å². The van der Waals surface area contributed by atoms with Crippen LogP contribution in [0.3, 0.4) is 0 Å². The average molecular weight is 237 g/mol. The molecule has 0 spiro atoms. The van der Waals surface area contributed by atoms with Crippen LogP contribution in [0.4, 0.5) is 8.78 Å². The van der Waals surface area contributed by atoms with Gasteiger partial charge >= 0.3 is 0 Å². The molecule has 1 unspecified atom stereocenters. The molecule has 2 rings (SSSR count). The lowest BCUT2D eigenvalue weighted by Crippen LogP contribution is -2.13. The van der Waals surface area contributed by atoms with E-state index in [0.29, 0.717) is 5.76 Å². The van der Waals surface area contributed by atoms with Gasteiger partial charge in [-0.25, -0.2) is 8.78 Å². The van der Waals surface area contributed by atoms with E-state index in [4.69, 9.17) is 10.2 Å². The minimum absolute atomic E-state index is 0.0991. The van der Waals surface area contributed by atoms with Crippen molar-refractivity contribution >= 4 is 0 Å². The third-order valence-corrected chi connectivity index (χ3v) is 2.63. The first-order chi connectivity index (χ1) is 8.11. The number of benzene rings is 1. The molecular formula is C13H13F2NO. The number of nitrogens with two attached hydrogens (primary N) is 1. The van der Waals surface area contributed by atoms with Crippen LogP contribution in [0.2, 0.25) is 0 Å². The van der Waals surface area contributed by atoms with Crippen molar-refractivity contribution in [3.05, 3.63) is 59.1 Å². The van der Waals surface area contributed by atoms with Crippen LogP contribution in [-0.2, 0) is 6.42 Å². The van der Waals surface area contributed by atoms with Crippen LogP contribution in [0.5, 0.6) is 0 Å². The summed E-state index contributed by atoms with van der Waals surface area (Å²) in [5.41, 5.74) is 5.95. The number of rotatable bonds is 3. The Morgan fingerprint density at radius 2 is 2.00 bits per heavy atom. The highest BCUT2D eigenvalue weighted by atomic mass is 19.1. The molecule has 0 saturated heterocycles. The molecule has 17 heavy (non-hydrogen) atoms. The van der Waals surface area contributed by atoms with E-state index in [1.54, 1.807) is 12.1 Å². The fourth-order valence-electron chi connectivity index (χ4n) is 1.66. The van der Waals surface area contributed by atoms with Crippen molar-refractivity contribution in [3.8, 4) is 0 Å². The van der Waals surface area contributed by atoms with Gasteiger partial charge in [0.05, 0.1) is 6.04 Å². The zero-order valence-corrected chi connectivity index (χ0v) is 9.41. The van der Waals surface area contributed by atoms with Gasteiger partial charge in [-0.2, -0.15) is 0 Å². The Hall–Kier alpha value is -1.68. The molecule has 4 heteroatoms. The molecule has 2 nitrogen and oxygen atoms in total. The molecule has 0 saturated carbocycles. The third kappa shape index (κ3) is 2.36. The van der Waals surface area contributed by atoms with Gasteiger partial charge in [-0.1, -0.05) is 6.92 Å². The van der Waals surface area contributed by atoms with E-state index >= 15 is 0 Å². The molecule has 0 aliphatic heterocycles. The second-order valence-corrected chi connectivity index (χ2v) is 3.80. The minimum atomic E-state index is -0.786. The molecule has 0 aliphatic carbocycles. The summed E-state index contributed by atoms with van der Waals surface area (Å²) in [6, 6.07) is 5.90. The summed E-state index contributed by atoms with van der Waals surface area (Å²) in [4.78, 5) is 0. The van der Waals surface area contributed by atoms with Crippen molar-refractivity contribution in [3.63, 3.8) is 0 Å². The second-order valence-electron chi connectivity index (χ2n) is 3.80. The van der Waals surface area contributed by atoms with Gasteiger partial charge in [-0.15, -0.1) is 0 Å². The Morgan fingerprint density at radius 3 is 2.65 bits per heavy atom. The lowest BCUT2D eigenvalue weighted by molar-refractivity contribution is 0.447. The van der Waals surface area contributed by atoms with Gasteiger partial charge in [0, 0.05) is 12.0 Å². The summed E-state index contributed by atoms with van der Waals surface area (Å²) in [5, 5.41) is 0. The summed E-state index contributed by atoms with van der Waals surface area (Å²) in [7, 11) is 0. The molecule has 2 N–H and O–H groups in total. The highest BCUT2D eigenvalue weighted by Crippen LogP contribution is 2.24. The maximum absolute atomic E-state index is 13.5. The predicted molar refractivity (Wildman–Crippen MR) is 60.5 cm³/mol. The number of halogens is 2. The van der Waals surface area contributed by atoms with Gasteiger partial charge in [0.15, 0.2) is 0 Å². The Morgan fingerprint density at radius 1 is 1.24 bits per heavy atom. The summed E-state index contributed by atoms with van der Waals surface area (Å²) < 4.78 is 32.0.